The summed E-state index contributed by atoms with van der Waals surface area (Å²) in [5, 5.41) is 8.95. The molecule has 1 saturated heterocycles. The molecule has 140 valence electrons. The van der Waals surface area contributed by atoms with E-state index >= 15 is 0 Å². The number of hydrogen-bond acceptors (Lipinski definition) is 5. The first-order valence-electron chi connectivity index (χ1n) is 8.71. The number of hydrogen-bond donors (Lipinski definition) is 0. The molecule has 0 aliphatic carbocycles. The van der Waals surface area contributed by atoms with E-state index in [1.54, 1.807) is 17.4 Å². The summed E-state index contributed by atoms with van der Waals surface area (Å²) in [4.78, 5) is 19.1. The monoisotopic (exact) mass is 421 g/mol. The lowest BCUT2D eigenvalue weighted by molar-refractivity contribution is -0.132. The Morgan fingerprint density at radius 2 is 2.19 bits per heavy atom. The standard InChI is InChI=1S/C19H17Cl2N3O2S/c20-14-4-3-12(10-15(14)21)16-2-1-8-24(16)18(25)6-5-17-22-19(23-26-17)13-7-9-27-11-13/h3-4,7,9-11,16H,1-2,5-6,8H2. The van der Waals surface area contributed by atoms with Crippen molar-refractivity contribution in [2.45, 2.75) is 31.7 Å². The first-order chi connectivity index (χ1) is 13.1. The van der Waals surface area contributed by atoms with Crippen LogP contribution in [0.5, 0.6) is 0 Å². The minimum atomic E-state index is 0.0383. The smallest absolute Gasteiger partial charge is 0.227 e. The number of rotatable bonds is 5. The van der Waals surface area contributed by atoms with Gasteiger partial charge in [0.2, 0.25) is 17.6 Å². The third kappa shape index (κ3) is 4.03. The predicted molar refractivity (Wildman–Crippen MR) is 106 cm³/mol. The van der Waals surface area contributed by atoms with Gasteiger partial charge in [0.25, 0.3) is 0 Å². The third-order valence-electron chi connectivity index (χ3n) is 4.70. The predicted octanol–water partition coefficient (Wildman–Crippen LogP) is 5.40. The van der Waals surface area contributed by atoms with Gasteiger partial charge in [-0.25, -0.2) is 0 Å². The van der Waals surface area contributed by atoms with Crippen LogP contribution in [-0.4, -0.2) is 27.5 Å². The van der Waals surface area contributed by atoms with Crippen LogP contribution in [0.15, 0.2) is 39.5 Å². The third-order valence-corrected chi connectivity index (χ3v) is 6.12. The normalized spacial score (nSPS) is 16.8. The number of carbonyl (C=O) groups excluding carboxylic acids is 1. The maximum absolute atomic E-state index is 12.8. The molecule has 4 rings (SSSR count). The number of thiophene rings is 1. The molecule has 0 spiro atoms. The number of aryl methyl sites for hydroxylation is 1. The van der Waals surface area contributed by atoms with Crippen LogP contribution in [0, 0.1) is 0 Å². The van der Waals surface area contributed by atoms with Crippen molar-refractivity contribution in [3.05, 3.63) is 56.5 Å². The zero-order chi connectivity index (χ0) is 18.8. The van der Waals surface area contributed by atoms with E-state index in [-0.39, 0.29) is 11.9 Å². The maximum atomic E-state index is 12.8. The van der Waals surface area contributed by atoms with Crippen molar-refractivity contribution in [3.63, 3.8) is 0 Å². The fourth-order valence-corrected chi connectivity index (χ4v) is 4.30. The zero-order valence-electron chi connectivity index (χ0n) is 14.4. The number of likely N-dealkylation sites (tertiary alicyclic amines) is 1. The molecule has 1 amide bonds. The first kappa shape index (κ1) is 18.5. The maximum Gasteiger partial charge on any atom is 0.227 e. The van der Waals surface area contributed by atoms with E-state index in [0.29, 0.717) is 34.6 Å². The lowest BCUT2D eigenvalue weighted by atomic mass is 10.0. The Bertz CT molecular complexity index is 942. The van der Waals surface area contributed by atoms with E-state index in [1.165, 1.54) is 0 Å². The number of halogens is 2. The van der Waals surface area contributed by atoms with Crippen LogP contribution in [0.1, 0.15) is 36.8 Å². The number of benzene rings is 1. The molecule has 0 N–H and O–H groups in total. The van der Waals surface area contributed by atoms with Gasteiger partial charge in [0.15, 0.2) is 0 Å². The summed E-state index contributed by atoms with van der Waals surface area (Å²) >= 11 is 13.7. The fraction of sp³-hybridized carbons (Fsp3) is 0.316. The Hall–Kier alpha value is -1.89. The Morgan fingerprint density at radius 3 is 2.96 bits per heavy atom. The van der Waals surface area contributed by atoms with Gasteiger partial charge in [-0.1, -0.05) is 34.4 Å². The highest BCUT2D eigenvalue weighted by molar-refractivity contribution is 7.08. The molecule has 1 aromatic carbocycles. The molecule has 1 atom stereocenters. The number of aromatic nitrogens is 2. The lowest BCUT2D eigenvalue weighted by Gasteiger charge is -2.25. The van der Waals surface area contributed by atoms with Crippen LogP contribution in [0.3, 0.4) is 0 Å². The molecule has 0 radical (unpaired) electrons. The molecular weight excluding hydrogens is 405 g/mol. The Morgan fingerprint density at radius 1 is 1.30 bits per heavy atom. The molecule has 0 saturated carbocycles. The largest absolute Gasteiger partial charge is 0.339 e. The second kappa shape index (κ2) is 8.00. The number of amides is 1. The summed E-state index contributed by atoms with van der Waals surface area (Å²) in [5.74, 6) is 1.13. The highest BCUT2D eigenvalue weighted by Gasteiger charge is 2.30. The summed E-state index contributed by atoms with van der Waals surface area (Å²) < 4.78 is 5.28. The minimum Gasteiger partial charge on any atom is -0.339 e. The van der Waals surface area contributed by atoms with Gasteiger partial charge in [-0.15, -0.1) is 0 Å². The van der Waals surface area contributed by atoms with E-state index in [0.717, 1.165) is 30.5 Å². The van der Waals surface area contributed by atoms with Crippen molar-refractivity contribution in [2.75, 3.05) is 6.54 Å². The second-order valence-corrected chi connectivity index (χ2v) is 8.04. The summed E-state index contributed by atoms with van der Waals surface area (Å²) in [6, 6.07) is 7.55. The van der Waals surface area contributed by atoms with Crippen LogP contribution < -0.4 is 0 Å². The molecule has 0 bridgehead atoms. The van der Waals surface area contributed by atoms with Gasteiger partial charge in [0.05, 0.1) is 16.1 Å². The average molecular weight is 422 g/mol. The minimum absolute atomic E-state index is 0.0383. The molecule has 27 heavy (non-hydrogen) atoms. The van der Waals surface area contributed by atoms with Gasteiger partial charge < -0.3 is 9.42 Å². The second-order valence-electron chi connectivity index (χ2n) is 6.44. The molecule has 1 aliphatic heterocycles. The number of carbonyl (C=O) groups is 1. The molecule has 8 heteroatoms. The Balaban J connectivity index is 1.41. The van der Waals surface area contributed by atoms with E-state index < -0.39 is 0 Å². The molecule has 3 heterocycles. The summed E-state index contributed by atoms with van der Waals surface area (Å²) in [6.45, 7) is 0.744. The molecule has 1 fully saturated rings. The van der Waals surface area contributed by atoms with Gasteiger partial charge in [-0.2, -0.15) is 16.3 Å². The SMILES string of the molecule is O=C(CCc1nc(-c2ccsc2)no1)N1CCCC1c1ccc(Cl)c(Cl)c1. The quantitative estimate of drug-likeness (QED) is 0.552. The van der Waals surface area contributed by atoms with Crippen LogP contribution >= 0.6 is 34.5 Å². The first-order valence-corrected chi connectivity index (χ1v) is 10.4. The highest BCUT2D eigenvalue weighted by Crippen LogP contribution is 2.35. The molecule has 2 aromatic heterocycles. The summed E-state index contributed by atoms with van der Waals surface area (Å²) in [7, 11) is 0. The van der Waals surface area contributed by atoms with Gasteiger partial charge >= 0.3 is 0 Å². The van der Waals surface area contributed by atoms with Crippen LogP contribution in [0.2, 0.25) is 10.0 Å². The molecule has 1 aliphatic rings. The van der Waals surface area contributed by atoms with Crippen LogP contribution in [0.25, 0.3) is 11.4 Å². The molecule has 3 aromatic rings. The van der Waals surface area contributed by atoms with Crippen molar-refractivity contribution in [1.82, 2.24) is 15.0 Å². The van der Waals surface area contributed by atoms with Crippen molar-refractivity contribution < 1.29 is 9.32 Å². The zero-order valence-corrected chi connectivity index (χ0v) is 16.7. The molecule has 1 unspecified atom stereocenters. The van der Waals surface area contributed by atoms with Gasteiger partial charge in [0, 0.05) is 30.3 Å². The highest BCUT2D eigenvalue weighted by atomic mass is 35.5. The lowest BCUT2D eigenvalue weighted by Crippen LogP contribution is -2.30. The molecular formula is C19H17Cl2N3O2S. The van der Waals surface area contributed by atoms with Crippen LogP contribution in [-0.2, 0) is 11.2 Å². The van der Waals surface area contributed by atoms with E-state index in [9.17, 15) is 4.79 Å². The van der Waals surface area contributed by atoms with E-state index in [2.05, 4.69) is 10.1 Å². The van der Waals surface area contributed by atoms with E-state index in [1.807, 2.05) is 33.9 Å². The van der Waals surface area contributed by atoms with Gasteiger partial charge in [-0.3, -0.25) is 4.79 Å². The summed E-state index contributed by atoms with van der Waals surface area (Å²) in [5.41, 5.74) is 1.95. The average Bonchev–Trinajstić information content (AvgIpc) is 3.42. The van der Waals surface area contributed by atoms with Crippen LogP contribution in [0.4, 0.5) is 0 Å². The topological polar surface area (TPSA) is 59.2 Å². The van der Waals surface area contributed by atoms with Crippen molar-refractivity contribution in [2.24, 2.45) is 0 Å². The Kier molecular flexibility index (Phi) is 5.48. The van der Waals surface area contributed by atoms with Crippen molar-refractivity contribution in [3.8, 4) is 11.4 Å². The summed E-state index contributed by atoms with van der Waals surface area (Å²) in [6.07, 6.45) is 2.66. The molecule has 5 nitrogen and oxygen atoms in total. The van der Waals surface area contributed by atoms with Crippen molar-refractivity contribution >= 4 is 40.4 Å². The van der Waals surface area contributed by atoms with Gasteiger partial charge in [-0.05, 0) is 42.0 Å². The Labute approximate surface area is 170 Å². The number of nitrogens with zero attached hydrogens (tertiary/aromatic N) is 3. The van der Waals surface area contributed by atoms with Gasteiger partial charge in [0.1, 0.15) is 0 Å². The van der Waals surface area contributed by atoms with E-state index in [4.69, 9.17) is 27.7 Å². The fourth-order valence-electron chi connectivity index (χ4n) is 3.35. The van der Waals surface area contributed by atoms with Crippen molar-refractivity contribution in [1.29, 1.82) is 0 Å².